The van der Waals surface area contributed by atoms with Gasteiger partial charge in [-0.3, -0.25) is 14.2 Å². The van der Waals surface area contributed by atoms with E-state index >= 15 is 0 Å². The standard InChI is InChI=1S/C20H15F3N2O4/c1-10(26)11-3-6-13(7-4-11)25-15-9-12(20(21,22)23)5-8-14(15)17(24)16(18(25)27)19(28)29-2/h3-9H,24H2,1-2H3. The summed E-state index contributed by atoms with van der Waals surface area (Å²) in [6.45, 7) is 1.35. The maximum Gasteiger partial charge on any atom is 0.416 e. The zero-order valence-corrected chi connectivity index (χ0v) is 15.3. The van der Waals surface area contributed by atoms with Crippen molar-refractivity contribution in [1.29, 1.82) is 0 Å². The number of aromatic nitrogens is 1. The third kappa shape index (κ3) is 3.46. The van der Waals surface area contributed by atoms with Crippen molar-refractivity contribution in [1.82, 2.24) is 4.57 Å². The van der Waals surface area contributed by atoms with Crippen LogP contribution in [0.2, 0.25) is 0 Å². The first-order chi connectivity index (χ1) is 13.6. The molecule has 0 saturated carbocycles. The number of halogens is 3. The maximum atomic E-state index is 13.2. The SMILES string of the molecule is COC(=O)c1c(N)c2ccc(C(F)(F)F)cc2n(-c2ccc(C(C)=O)cc2)c1=O. The zero-order chi connectivity index (χ0) is 21.5. The summed E-state index contributed by atoms with van der Waals surface area (Å²) in [6.07, 6.45) is -4.65. The van der Waals surface area contributed by atoms with Crippen LogP contribution in [0, 0.1) is 0 Å². The number of anilines is 1. The second kappa shape index (κ2) is 7.08. The Morgan fingerprint density at radius 1 is 1.07 bits per heavy atom. The Morgan fingerprint density at radius 3 is 2.21 bits per heavy atom. The van der Waals surface area contributed by atoms with Crippen LogP contribution in [0.25, 0.3) is 16.6 Å². The third-order valence-corrected chi connectivity index (χ3v) is 4.46. The van der Waals surface area contributed by atoms with Crippen LogP contribution in [0.5, 0.6) is 0 Å². The zero-order valence-electron chi connectivity index (χ0n) is 15.3. The lowest BCUT2D eigenvalue weighted by Gasteiger charge is -2.17. The largest absolute Gasteiger partial charge is 0.465 e. The van der Waals surface area contributed by atoms with Crippen molar-refractivity contribution in [3.63, 3.8) is 0 Å². The highest BCUT2D eigenvalue weighted by Crippen LogP contribution is 2.34. The minimum atomic E-state index is -4.65. The minimum absolute atomic E-state index is 0.0774. The summed E-state index contributed by atoms with van der Waals surface area (Å²) in [5.74, 6) is -1.23. The molecule has 150 valence electrons. The van der Waals surface area contributed by atoms with Gasteiger partial charge in [0.1, 0.15) is 5.56 Å². The summed E-state index contributed by atoms with van der Waals surface area (Å²) >= 11 is 0. The van der Waals surface area contributed by atoms with Gasteiger partial charge in [0, 0.05) is 16.6 Å². The molecule has 0 bridgehead atoms. The van der Waals surface area contributed by atoms with Crippen LogP contribution >= 0.6 is 0 Å². The van der Waals surface area contributed by atoms with Gasteiger partial charge in [0.2, 0.25) is 0 Å². The predicted octanol–water partition coefficient (Wildman–Crippen LogP) is 3.58. The average Bonchev–Trinajstić information content (AvgIpc) is 2.67. The van der Waals surface area contributed by atoms with E-state index in [1.807, 2.05) is 0 Å². The Labute approximate surface area is 162 Å². The number of methoxy groups -OCH3 is 1. The molecule has 9 heteroatoms. The van der Waals surface area contributed by atoms with E-state index in [0.717, 1.165) is 29.9 Å². The van der Waals surface area contributed by atoms with Crippen LogP contribution in [0.15, 0.2) is 47.3 Å². The highest BCUT2D eigenvalue weighted by Gasteiger charge is 2.32. The smallest absolute Gasteiger partial charge is 0.416 e. The van der Waals surface area contributed by atoms with Crippen molar-refractivity contribution in [2.24, 2.45) is 0 Å². The van der Waals surface area contributed by atoms with Gasteiger partial charge in [-0.1, -0.05) is 6.07 Å². The molecule has 1 heterocycles. The van der Waals surface area contributed by atoms with Crippen LogP contribution in [0.3, 0.4) is 0 Å². The Morgan fingerprint density at radius 2 is 1.69 bits per heavy atom. The molecule has 0 aliphatic heterocycles. The van der Waals surface area contributed by atoms with E-state index in [1.54, 1.807) is 0 Å². The average molecular weight is 404 g/mol. The molecule has 3 aromatic rings. The fourth-order valence-corrected chi connectivity index (χ4v) is 2.99. The van der Waals surface area contributed by atoms with Gasteiger partial charge in [0.05, 0.1) is 23.9 Å². The molecule has 0 unspecified atom stereocenters. The molecular weight excluding hydrogens is 389 g/mol. The fourth-order valence-electron chi connectivity index (χ4n) is 2.99. The van der Waals surface area contributed by atoms with Gasteiger partial charge < -0.3 is 10.5 Å². The number of ketones is 1. The molecule has 1 aromatic heterocycles. The van der Waals surface area contributed by atoms with E-state index in [0.29, 0.717) is 5.56 Å². The molecular formula is C20H15F3N2O4. The second-order valence-corrected chi connectivity index (χ2v) is 6.25. The lowest BCUT2D eigenvalue weighted by Crippen LogP contribution is -2.28. The number of carbonyl (C=O) groups is 2. The molecule has 0 fully saturated rings. The highest BCUT2D eigenvalue weighted by molar-refractivity contribution is 6.04. The summed E-state index contributed by atoms with van der Waals surface area (Å²) in [5, 5.41) is 0.0774. The van der Waals surface area contributed by atoms with E-state index in [-0.39, 0.29) is 28.1 Å². The van der Waals surface area contributed by atoms with Gasteiger partial charge in [-0.05, 0) is 43.3 Å². The monoisotopic (exact) mass is 404 g/mol. The first-order valence-corrected chi connectivity index (χ1v) is 8.31. The van der Waals surface area contributed by atoms with E-state index in [4.69, 9.17) is 5.73 Å². The van der Waals surface area contributed by atoms with Crippen molar-refractivity contribution in [2.75, 3.05) is 12.8 Å². The number of esters is 1. The molecule has 3 rings (SSSR count). The summed E-state index contributed by atoms with van der Waals surface area (Å²) in [4.78, 5) is 36.6. The Kier molecular flexibility index (Phi) is 4.91. The number of nitrogens with two attached hydrogens (primary N) is 1. The fraction of sp³-hybridized carbons (Fsp3) is 0.150. The Bertz CT molecular complexity index is 1200. The summed E-state index contributed by atoms with van der Waals surface area (Å²) in [5.41, 5.74) is 3.62. The number of nitrogens with zero attached hydrogens (tertiary/aromatic N) is 1. The van der Waals surface area contributed by atoms with E-state index < -0.39 is 28.8 Å². The van der Waals surface area contributed by atoms with Crippen molar-refractivity contribution >= 4 is 28.3 Å². The highest BCUT2D eigenvalue weighted by atomic mass is 19.4. The van der Waals surface area contributed by atoms with E-state index in [2.05, 4.69) is 4.74 Å². The first-order valence-electron chi connectivity index (χ1n) is 8.31. The molecule has 2 aromatic carbocycles. The number of pyridine rings is 1. The normalized spacial score (nSPS) is 11.5. The number of rotatable bonds is 3. The van der Waals surface area contributed by atoms with Crippen molar-refractivity contribution < 1.29 is 27.5 Å². The van der Waals surface area contributed by atoms with Crippen LogP contribution in [-0.4, -0.2) is 23.4 Å². The molecule has 2 N–H and O–H groups in total. The minimum Gasteiger partial charge on any atom is -0.465 e. The van der Waals surface area contributed by atoms with Gasteiger partial charge in [-0.2, -0.15) is 13.2 Å². The first kappa shape index (κ1) is 20.1. The number of ether oxygens (including phenoxy) is 1. The van der Waals surface area contributed by atoms with Crippen LogP contribution in [0.4, 0.5) is 18.9 Å². The number of nitrogen functional groups attached to an aromatic ring is 1. The van der Waals surface area contributed by atoms with Gasteiger partial charge in [0.15, 0.2) is 5.78 Å². The summed E-state index contributed by atoms with van der Waals surface area (Å²) in [7, 11) is 1.06. The number of hydrogen-bond donors (Lipinski definition) is 1. The van der Waals surface area contributed by atoms with Crippen molar-refractivity contribution in [3.05, 3.63) is 69.5 Å². The Balaban J connectivity index is 2.45. The lowest BCUT2D eigenvalue weighted by atomic mass is 10.0. The van der Waals surface area contributed by atoms with Gasteiger partial charge in [-0.25, -0.2) is 4.79 Å². The molecule has 0 atom stereocenters. The van der Waals surface area contributed by atoms with Gasteiger partial charge in [0.25, 0.3) is 5.56 Å². The number of alkyl halides is 3. The number of Topliss-reactive ketones (excluding diaryl/α,β-unsaturated/α-hetero) is 1. The van der Waals surface area contributed by atoms with E-state index in [1.165, 1.54) is 31.2 Å². The number of carbonyl (C=O) groups excluding carboxylic acids is 2. The molecule has 0 saturated heterocycles. The molecule has 0 amide bonds. The van der Waals surface area contributed by atoms with Crippen LogP contribution in [0.1, 0.15) is 33.2 Å². The predicted molar refractivity (Wildman–Crippen MR) is 100 cm³/mol. The van der Waals surface area contributed by atoms with Crippen LogP contribution in [-0.2, 0) is 10.9 Å². The molecule has 6 nitrogen and oxygen atoms in total. The third-order valence-electron chi connectivity index (χ3n) is 4.46. The molecule has 29 heavy (non-hydrogen) atoms. The lowest BCUT2D eigenvalue weighted by molar-refractivity contribution is -0.137. The maximum absolute atomic E-state index is 13.2. The summed E-state index contributed by atoms with van der Waals surface area (Å²) < 4.78 is 45.2. The number of fused-ring (bicyclic) bond motifs is 1. The Hall–Kier alpha value is -3.62. The summed E-state index contributed by atoms with van der Waals surface area (Å²) in [6, 6.07) is 8.35. The number of benzene rings is 2. The van der Waals surface area contributed by atoms with Crippen molar-refractivity contribution in [2.45, 2.75) is 13.1 Å². The van der Waals surface area contributed by atoms with E-state index in [9.17, 15) is 27.6 Å². The van der Waals surface area contributed by atoms with Gasteiger partial charge >= 0.3 is 12.1 Å². The van der Waals surface area contributed by atoms with Crippen LogP contribution < -0.4 is 11.3 Å². The molecule has 0 spiro atoms. The molecule has 0 aliphatic rings. The number of hydrogen-bond acceptors (Lipinski definition) is 5. The molecule has 0 radical (unpaired) electrons. The van der Waals surface area contributed by atoms with Crippen molar-refractivity contribution in [3.8, 4) is 5.69 Å². The van der Waals surface area contributed by atoms with Gasteiger partial charge in [-0.15, -0.1) is 0 Å². The topological polar surface area (TPSA) is 91.4 Å². The molecule has 0 aliphatic carbocycles. The second-order valence-electron chi connectivity index (χ2n) is 6.25. The quantitative estimate of drug-likeness (QED) is 0.532.